The molecule has 0 saturated heterocycles. The van der Waals surface area contributed by atoms with E-state index in [1.807, 2.05) is 6.08 Å². The molecule has 0 aliphatic heterocycles. The van der Waals surface area contributed by atoms with Crippen molar-refractivity contribution in [1.82, 2.24) is 19.5 Å². The van der Waals surface area contributed by atoms with E-state index in [0.717, 1.165) is 0 Å². The molecular formula is C12H14N4O3. The van der Waals surface area contributed by atoms with Crippen molar-refractivity contribution in [3.63, 3.8) is 0 Å². The first-order valence-corrected chi connectivity index (χ1v) is 6.08. The fourth-order valence-corrected chi connectivity index (χ4v) is 2.39. The van der Waals surface area contributed by atoms with Gasteiger partial charge in [0.25, 0.3) is 5.56 Å². The van der Waals surface area contributed by atoms with Crippen molar-refractivity contribution >= 4 is 11.2 Å². The van der Waals surface area contributed by atoms with Crippen LogP contribution in [0.5, 0.6) is 0 Å². The molecule has 1 aliphatic carbocycles. The van der Waals surface area contributed by atoms with Crippen molar-refractivity contribution in [2.45, 2.75) is 18.6 Å². The van der Waals surface area contributed by atoms with Crippen LogP contribution in [-0.4, -0.2) is 42.4 Å². The van der Waals surface area contributed by atoms with Crippen LogP contribution in [0.4, 0.5) is 0 Å². The third-order valence-electron chi connectivity index (χ3n) is 3.49. The zero-order chi connectivity index (χ0) is 13.4. The first-order valence-electron chi connectivity index (χ1n) is 6.08. The predicted octanol–water partition coefficient (Wildman–Crippen LogP) is -0.410. The van der Waals surface area contributed by atoms with Crippen molar-refractivity contribution < 1.29 is 10.2 Å². The third kappa shape index (κ3) is 1.96. The molecule has 0 radical (unpaired) electrons. The topological polar surface area (TPSA) is 104 Å². The van der Waals surface area contributed by atoms with Gasteiger partial charge in [-0.05, 0) is 6.42 Å². The number of aliphatic hydroxyl groups excluding tert-OH is 2. The van der Waals surface area contributed by atoms with Gasteiger partial charge >= 0.3 is 0 Å². The van der Waals surface area contributed by atoms with Crippen LogP contribution in [0.3, 0.4) is 0 Å². The second-order valence-electron chi connectivity index (χ2n) is 4.66. The Morgan fingerprint density at radius 1 is 1.42 bits per heavy atom. The SMILES string of the molecule is O=c1[nH]cnc2c1ncn2C1C=CC(CO)C(O)C1. The highest BCUT2D eigenvalue weighted by Crippen LogP contribution is 2.27. The van der Waals surface area contributed by atoms with Gasteiger partial charge in [-0.25, -0.2) is 9.97 Å². The number of aromatic amines is 1. The molecule has 0 fully saturated rings. The van der Waals surface area contributed by atoms with Gasteiger partial charge in [-0.3, -0.25) is 4.79 Å². The number of imidazole rings is 1. The van der Waals surface area contributed by atoms with Crippen LogP contribution in [0.1, 0.15) is 12.5 Å². The Morgan fingerprint density at radius 2 is 2.26 bits per heavy atom. The van der Waals surface area contributed by atoms with Gasteiger partial charge in [0, 0.05) is 5.92 Å². The number of allylic oxidation sites excluding steroid dienone is 1. The summed E-state index contributed by atoms with van der Waals surface area (Å²) in [6, 6.07) is -0.114. The van der Waals surface area contributed by atoms with E-state index in [-0.39, 0.29) is 29.6 Å². The quantitative estimate of drug-likeness (QED) is 0.638. The molecule has 3 unspecified atom stereocenters. The fraction of sp³-hybridized carbons (Fsp3) is 0.417. The average molecular weight is 262 g/mol. The smallest absolute Gasteiger partial charge is 0.278 e. The molecule has 7 heteroatoms. The molecule has 0 saturated carbocycles. The highest BCUT2D eigenvalue weighted by Gasteiger charge is 2.26. The minimum atomic E-state index is -0.612. The highest BCUT2D eigenvalue weighted by atomic mass is 16.3. The number of aromatic nitrogens is 4. The van der Waals surface area contributed by atoms with Crippen LogP contribution < -0.4 is 5.56 Å². The lowest BCUT2D eigenvalue weighted by atomic mass is 9.90. The number of hydrogen-bond acceptors (Lipinski definition) is 5. The van der Waals surface area contributed by atoms with Crippen LogP contribution >= 0.6 is 0 Å². The maximum Gasteiger partial charge on any atom is 0.278 e. The molecule has 0 spiro atoms. The second-order valence-corrected chi connectivity index (χ2v) is 4.66. The van der Waals surface area contributed by atoms with Crippen LogP contribution in [0.15, 0.2) is 29.6 Å². The van der Waals surface area contributed by atoms with Gasteiger partial charge in [-0.15, -0.1) is 0 Å². The summed E-state index contributed by atoms with van der Waals surface area (Å²) in [5, 5.41) is 19.0. The standard InChI is InChI=1S/C12H14N4O3/c17-4-7-1-2-8(3-9(7)18)16-6-15-10-11(16)13-5-14-12(10)19/h1-2,5-9,17-18H,3-4H2,(H,13,14,19). The van der Waals surface area contributed by atoms with E-state index in [2.05, 4.69) is 15.0 Å². The zero-order valence-electron chi connectivity index (χ0n) is 10.1. The number of hydrogen-bond donors (Lipinski definition) is 3. The van der Waals surface area contributed by atoms with Gasteiger partial charge < -0.3 is 19.8 Å². The van der Waals surface area contributed by atoms with E-state index in [9.17, 15) is 9.90 Å². The lowest BCUT2D eigenvalue weighted by Gasteiger charge is -2.27. The Labute approximate surface area is 108 Å². The van der Waals surface area contributed by atoms with Crippen LogP contribution in [-0.2, 0) is 0 Å². The van der Waals surface area contributed by atoms with E-state index >= 15 is 0 Å². The average Bonchev–Trinajstić information content (AvgIpc) is 2.84. The lowest BCUT2D eigenvalue weighted by Crippen LogP contribution is -2.29. The lowest BCUT2D eigenvalue weighted by molar-refractivity contribution is 0.0702. The second kappa shape index (κ2) is 4.60. The Kier molecular flexibility index (Phi) is 2.92. The molecule has 3 atom stereocenters. The molecule has 0 amide bonds. The molecule has 100 valence electrons. The summed E-state index contributed by atoms with van der Waals surface area (Å²) >= 11 is 0. The van der Waals surface area contributed by atoms with Crippen LogP contribution in [0, 0.1) is 5.92 Å². The van der Waals surface area contributed by atoms with E-state index in [0.29, 0.717) is 12.1 Å². The van der Waals surface area contributed by atoms with E-state index in [1.54, 1.807) is 17.0 Å². The molecule has 2 aromatic rings. The monoisotopic (exact) mass is 262 g/mol. The van der Waals surface area contributed by atoms with Crippen molar-refractivity contribution in [2.24, 2.45) is 5.92 Å². The van der Waals surface area contributed by atoms with Crippen molar-refractivity contribution in [1.29, 1.82) is 0 Å². The molecule has 0 aromatic carbocycles. The largest absolute Gasteiger partial charge is 0.396 e. The minimum Gasteiger partial charge on any atom is -0.396 e. The summed E-state index contributed by atoms with van der Waals surface area (Å²) in [6.07, 6.45) is 6.42. The molecule has 3 rings (SSSR count). The number of H-pyrrole nitrogens is 1. The summed E-state index contributed by atoms with van der Waals surface area (Å²) in [5.41, 5.74) is 0.500. The van der Waals surface area contributed by atoms with E-state index in [1.165, 1.54) is 6.33 Å². The Morgan fingerprint density at radius 3 is 3.00 bits per heavy atom. The summed E-state index contributed by atoms with van der Waals surface area (Å²) < 4.78 is 1.76. The zero-order valence-corrected chi connectivity index (χ0v) is 10.1. The minimum absolute atomic E-state index is 0.0764. The first kappa shape index (κ1) is 12.1. The fourth-order valence-electron chi connectivity index (χ4n) is 2.39. The molecule has 3 N–H and O–H groups in total. The van der Waals surface area contributed by atoms with Crippen molar-refractivity contribution in [3.05, 3.63) is 35.2 Å². The summed E-state index contributed by atoms with van der Waals surface area (Å²) in [5.74, 6) is -0.234. The molecule has 19 heavy (non-hydrogen) atoms. The molecule has 1 aliphatic rings. The summed E-state index contributed by atoms with van der Waals surface area (Å²) in [6.45, 7) is -0.0764. The van der Waals surface area contributed by atoms with Gasteiger partial charge in [0.05, 0.1) is 31.4 Å². The highest BCUT2D eigenvalue weighted by molar-refractivity contribution is 5.69. The number of nitrogens with zero attached hydrogens (tertiary/aromatic N) is 3. The molecule has 7 nitrogen and oxygen atoms in total. The van der Waals surface area contributed by atoms with Gasteiger partial charge in [0.1, 0.15) is 0 Å². The Bertz CT molecular complexity index is 675. The van der Waals surface area contributed by atoms with Crippen LogP contribution in [0.25, 0.3) is 11.2 Å². The Balaban J connectivity index is 2.02. The van der Waals surface area contributed by atoms with E-state index in [4.69, 9.17) is 5.11 Å². The maximum atomic E-state index is 11.6. The van der Waals surface area contributed by atoms with Gasteiger partial charge in [-0.1, -0.05) is 12.2 Å². The molecule has 2 heterocycles. The normalized spacial score (nSPS) is 26.9. The van der Waals surface area contributed by atoms with E-state index < -0.39 is 6.10 Å². The summed E-state index contributed by atoms with van der Waals surface area (Å²) in [7, 11) is 0. The predicted molar refractivity (Wildman–Crippen MR) is 67.5 cm³/mol. The number of fused-ring (bicyclic) bond motifs is 1. The van der Waals surface area contributed by atoms with Crippen molar-refractivity contribution in [3.8, 4) is 0 Å². The Hall–Kier alpha value is -1.99. The molecule has 2 aromatic heterocycles. The van der Waals surface area contributed by atoms with Gasteiger partial charge in [-0.2, -0.15) is 0 Å². The summed E-state index contributed by atoms with van der Waals surface area (Å²) in [4.78, 5) is 22.2. The third-order valence-corrected chi connectivity index (χ3v) is 3.49. The number of rotatable bonds is 2. The van der Waals surface area contributed by atoms with Gasteiger partial charge in [0.2, 0.25) is 0 Å². The van der Waals surface area contributed by atoms with Crippen molar-refractivity contribution in [2.75, 3.05) is 6.61 Å². The molecule has 0 bridgehead atoms. The number of nitrogens with one attached hydrogen (secondary N) is 1. The first-order chi connectivity index (χ1) is 9.20. The maximum absolute atomic E-state index is 11.6. The molecular weight excluding hydrogens is 248 g/mol. The van der Waals surface area contributed by atoms with Gasteiger partial charge in [0.15, 0.2) is 11.2 Å². The number of aliphatic hydroxyl groups is 2. The van der Waals surface area contributed by atoms with Crippen LogP contribution in [0.2, 0.25) is 0 Å².